The van der Waals surface area contributed by atoms with E-state index in [2.05, 4.69) is 17.3 Å². The highest BCUT2D eigenvalue weighted by atomic mass is 15.2. The molecule has 2 aliphatic rings. The molecule has 1 unspecified atom stereocenters. The van der Waals surface area contributed by atoms with Crippen LogP contribution in [0.4, 0.5) is 0 Å². The summed E-state index contributed by atoms with van der Waals surface area (Å²) >= 11 is 0. The Kier molecular flexibility index (Phi) is 3.23. The summed E-state index contributed by atoms with van der Waals surface area (Å²) in [7, 11) is 2.09. The highest BCUT2D eigenvalue weighted by Crippen LogP contribution is 2.27. The zero-order valence-corrected chi connectivity index (χ0v) is 8.76. The molecule has 1 saturated carbocycles. The Morgan fingerprint density at radius 1 is 1.23 bits per heavy atom. The van der Waals surface area contributed by atoms with Crippen LogP contribution in [0.3, 0.4) is 0 Å². The standard InChI is InChI=1S/C11H22N2/c1-12-11-6-3-7-13(9-11)8-10-4-2-5-10/h10-12H,2-9H2,1H3. The maximum absolute atomic E-state index is 3.40. The summed E-state index contributed by atoms with van der Waals surface area (Å²) in [6.45, 7) is 4.00. The van der Waals surface area contributed by atoms with Crippen molar-refractivity contribution in [1.82, 2.24) is 10.2 Å². The van der Waals surface area contributed by atoms with Gasteiger partial charge in [0.2, 0.25) is 0 Å². The van der Waals surface area contributed by atoms with Crippen LogP contribution in [0, 0.1) is 5.92 Å². The molecule has 0 bridgehead atoms. The quantitative estimate of drug-likeness (QED) is 0.711. The van der Waals surface area contributed by atoms with Crippen LogP contribution in [-0.4, -0.2) is 37.6 Å². The third-order valence-corrected chi connectivity index (χ3v) is 3.65. The van der Waals surface area contributed by atoms with Gasteiger partial charge in [0.25, 0.3) is 0 Å². The summed E-state index contributed by atoms with van der Waals surface area (Å²) in [6.07, 6.45) is 7.21. The van der Waals surface area contributed by atoms with E-state index in [1.807, 2.05) is 0 Å². The van der Waals surface area contributed by atoms with Crippen molar-refractivity contribution in [3.05, 3.63) is 0 Å². The molecule has 1 aliphatic carbocycles. The molecule has 1 atom stereocenters. The molecule has 0 amide bonds. The van der Waals surface area contributed by atoms with Crippen LogP contribution in [0.25, 0.3) is 0 Å². The van der Waals surface area contributed by atoms with Crippen LogP contribution in [0.1, 0.15) is 32.1 Å². The summed E-state index contributed by atoms with van der Waals surface area (Å²) in [6, 6.07) is 0.758. The lowest BCUT2D eigenvalue weighted by Gasteiger charge is -2.37. The van der Waals surface area contributed by atoms with Crippen LogP contribution in [-0.2, 0) is 0 Å². The highest BCUT2D eigenvalue weighted by Gasteiger charge is 2.24. The number of hydrogen-bond donors (Lipinski definition) is 1. The Morgan fingerprint density at radius 2 is 2.08 bits per heavy atom. The minimum absolute atomic E-state index is 0.758. The largest absolute Gasteiger partial charge is 0.316 e. The van der Waals surface area contributed by atoms with E-state index in [0.29, 0.717) is 0 Å². The molecule has 13 heavy (non-hydrogen) atoms. The number of likely N-dealkylation sites (N-methyl/N-ethyl adjacent to an activating group) is 1. The number of nitrogens with one attached hydrogen (secondary N) is 1. The van der Waals surface area contributed by atoms with E-state index in [1.165, 1.54) is 51.7 Å². The van der Waals surface area contributed by atoms with E-state index in [0.717, 1.165) is 12.0 Å². The molecule has 1 N–H and O–H groups in total. The molecule has 0 aromatic carbocycles. The minimum atomic E-state index is 0.758. The fourth-order valence-electron chi connectivity index (χ4n) is 2.50. The van der Waals surface area contributed by atoms with Gasteiger partial charge in [-0.15, -0.1) is 0 Å². The first kappa shape index (κ1) is 9.47. The van der Waals surface area contributed by atoms with Crippen molar-refractivity contribution in [2.24, 2.45) is 5.92 Å². The van der Waals surface area contributed by atoms with Crippen molar-refractivity contribution in [1.29, 1.82) is 0 Å². The Morgan fingerprint density at radius 3 is 2.69 bits per heavy atom. The number of piperidine rings is 1. The lowest BCUT2D eigenvalue weighted by atomic mass is 9.84. The van der Waals surface area contributed by atoms with Crippen LogP contribution in [0.5, 0.6) is 0 Å². The van der Waals surface area contributed by atoms with Gasteiger partial charge in [0.1, 0.15) is 0 Å². The molecule has 1 aliphatic heterocycles. The summed E-state index contributed by atoms with van der Waals surface area (Å²) < 4.78 is 0. The third kappa shape index (κ3) is 2.44. The van der Waals surface area contributed by atoms with Crippen molar-refractivity contribution in [2.45, 2.75) is 38.1 Å². The second kappa shape index (κ2) is 4.43. The smallest absolute Gasteiger partial charge is 0.0192 e. The van der Waals surface area contributed by atoms with Crippen molar-refractivity contribution in [2.75, 3.05) is 26.7 Å². The summed E-state index contributed by atoms with van der Waals surface area (Å²) in [5, 5.41) is 3.40. The molecule has 0 aromatic rings. The van der Waals surface area contributed by atoms with Gasteiger partial charge in [-0.05, 0) is 45.2 Å². The highest BCUT2D eigenvalue weighted by molar-refractivity contribution is 4.80. The molecule has 2 rings (SSSR count). The number of nitrogens with zero attached hydrogens (tertiary/aromatic N) is 1. The normalized spacial score (nSPS) is 31.6. The van der Waals surface area contributed by atoms with E-state index in [1.54, 1.807) is 0 Å². The van der Waals surface area contributed by atoms with Crippen LogP contribution in [0.2, 0.25) is 0 Å². The first-order chi connectivity index (χ1) is 6.38. The molecule has 1 saturated heterocycles. The summed E-state index contributed by atoms with van der Waals surface area (Å²) in [5.74, 6) is 1.04. The predicted molar refractivity (Wildman–Crippen MR) is 55.9 cm³/mol. The first-order valence-corrected chi connectivity index (χ1v) is 5.78. The van der Waals surface area contributed by atoms with E-state index < -0.39 is 0 Å². The molecular weight excluding hydrogens is 160 g/mol. The van der Waals surface area contributed by atoms with Crippen LogP contribution < -0.4 is 5.32 Å². The molecule has 0 radical (unpaired) electrons. The van der Waals surface area contributed by atoms with Crippen molar-refractivity contribution in [3.63, 3.8) is 0 Å². The Labute approximate surface area is 81.7 Å². The second-order valence-corrected chi connectivity index (χ2v) is 4.68. The zero-order valence-electron chi connectivity index (χ0n) is 8.76. The lowest BCUT2D eigenvalue weighted by molar-refractivity contribution is 0.137. The van der Waals surface area contributed by atoms with Gasteiger partial charge in [0.05, 0.1) is 0 Å². The molecule has 0 aromatic heterocycles. The molecular formula is C11H22N2. The third-order valence-electron chi connectivity index (χ3n) is 3.65. The molecule has 2 heteroatoms. The minimum Gasteiger partial charge on any atom is -0.316 e. The summed E-state index contributed by atoms with van der Waals surface area (Å²) in [5.41, 5.74) is 0. The van der Waals surface area contributed by atoms with Gasteiger partial charge in [-0.3, -0.25) is 0 Å². The number of likely N-dealkylation sites (tertiary alicyclic amines) is 1. The topological polar surface area (TPSA) is 15.3 Å². The van der Waals surface area contributed by atoms with Gasteiger partial charge in [-0.1, -0.05) is 6.42 Å². The molecule has 0 spiro atoms. The first-order valence-electron chi connectivity index (χ1n) is 5.78. The Hall–Kier alpha value is -0.0800. The molecule has 1 heterocycles. The van der Waals surface area contributed by atoms with Crippen LogP contribution in [0.15, 0.2) is 0 Å². The monoisotopic (exact) mass is 182 g/mol. The van der Waals surface area contributed by atoms with Crippen molar-refractivity contribution in [3.8, 4) is 0 Å². The van der Waals surface area contributed by atoms with Gasteiger partial charge in [-0.25, -0.2) is 0 Å². The molecule has 76 valence electrons. The number of hydrogen-bond acceptors (Lipinski definition) is 2. The van der Waals surface area contributed by atoms with E-state index >= 15 is 0 Å². The summed E-state index contributed by atoms with van der Waals surface area (Å²) in [4.78, 5) is 2.66. The average Bonchev–Trinajstić information content (AvgIpc) is 2.12. The van der Waals surface area contributed by atoms with Gasteiger partial charge in [-0.2, -0.15) is 0 Å². The van der Waals surface area contributed by atoms with E-state index in [4.69, 9.17) is 0 Å². The van der Waals surface area contributed by atoms with Gasteiger partial charge < -0.3 is 10.2 Å². The molecule has 2 nitrogen and oxygen atoms in total. The van der Waals surface area contributed by atoms with Crippen molar-refractivity contribution >= 4 is 0 Å². The lowest BCUT2D eigenvalue weighted by Crippen LogP contribution is -2.46. The van der Waals surface area contributed by atoms with Crippen LogP contribution >= 0.6 is 0 Å². The maximum Gasteiger partial charge on any atom is 0.0192 e. The molecule has 2 fully saturated rings. The van der Waals surface area contributed by atoms with E-state index in [-0.39, 0.29) is 0 Å². The predicted octanol–water partition coefficient (Wildman–Crippen LogP) is 1.47. The fourth-order valence-corrected chi connectivity index (χ4v) is 2.50. The Bertz CT molecular complexity index is 152. The van der Waals surface area contributed by atoms with Crippen molar-refractivity contribution < 1.29 is 0 Å². The second-order valence-electron chi connectivity index (χ2n) is 4.68. The van der Waals surface area contributed by atoms with Gasteiger partial charge >= 0.3 is 0 Å². The maximum atomic E-state index is 3.40. The fraction of sp³-hybridized carbons (Fsp3) is 1.00. The van der Waals surface area contributed by atoms with Gasteiger partial charge in [0.15, 0.2) is 0 Å². The zero-order chi connectivity index (χ0) is 9.10. The number of rotatable bonds is 3. The van der Waals surface area contributed by atoms with Gasteiger partial charge in [0, 0.05) is 19.1 Å². The Balaban J connectivity index is 1.71. The SMILES string of the molecule is CNC1CCCN(CC2CCC2)C1. The van der Waals surface area contributed by atoms with E-state index in [9.17, 15) is 0 Å². The average molecular weight is 182 g/mol.